The summed E-state index contributed by atoms with van der Waals surface area (Å²) in [6.07, 6.45) is 3.26. The zero-order chi connectivity index (χ0) is 23.2. The molecule has 33 heavy (non-hydrogen) atoms. The molecular formula is C27H29NO5. The Kier molecular flexibility index (Phi) is 5.49. The summed E-state index contributed by atoms with van der Waals surface area (Å²) in [4.78, 5) is 26.1. The largest absolute Gasteiger partial charge is 0.497 e. The molecule has 0 radical (unpaired) electrons. The summed E-state index contributed by atoms with van der Waals surface area (Å²) in [6, 6.07) is 11.7. The molecule has 0 bridgehead atoms. The smallest absolute Gasteiger partial charge is 0.310 e. The van der Waals surface area contributed by atoms with E-state index >= 15 is 0 Å². The lowest BCUT2D eigenvalue weighted by molar-refractivity contribution is -0.144. The van der Waals surface area contributed by atoms with Gasteiger partial charge in [0.05, 0.1) is 12.5 Å². The first-order valence-corrected chi connectivity index (χ1v) is 11.5. The zero-order valence-electron chi connectivity index (χ0n) is 19.1. The highest BCUT2D eigenvalue weighted by Gasteiger charge is 2.51. The molecule has 1 aliphatic carbocycles. The molecule has 2 aliphatic heterocycles. The predicted molar refractivity (Wildman–Crippen MR) is 125 cm³/mol. The number of aliphatic carboxylic acids is 1. The van der Waals surface area contributed by atoms with Crippen LogP contribution in [0.25, 0.3) is 5.57 Å². The fourth-order valence-electron chi connectivity index (χ4n) is 5.04. The van der Waals surface area contributed by atoms with Gasteiger partial charge in [-0.25, -0.2) is 0 Å². The number of hydrogen-bond donors (Lipinski definition) is 1. The number of carboxylic acid groups (broad SMARTS) is 1. The highest BCUT2D eigenvalue weighted by molar-refractivity contribution is 5.97. The number of piperidine rings is 1. The van der Waals surface area contributed by atoms with E-state index in [1.165, 1.54) is 5.57 Å². The molecule has 6 nitrogen and oxygen atoms in total. The van der Waals surface area contributed by atoms with Crippen LogP contribution in [0.1, 0.15) is 59.7 Å². The molecule has 0 aromatic heterocycles. The minimum Gasteiger partial charge on any atom is -0.497 e. The van der Waals surface area contributed by atoms with E-state index in [0.29, 0.717) is 18.7 Å². The second kappa shape index (κ2) is 8.34. The summed E-state index contributed by atoms with van der Waals surface area (Å²) in [7, 11) is 1.66. The molecule has 0 amide bonds. The van der Waals surface area contributed by atoms with Crippen molar-refractivity contribution in [3.05, 3.63) is 64.2 Å². The van der Waals surface area contributed by atoms with Gasteiger partial charge in [0.25, 0.3) is 0 Å². The molecule has 6 heteroatoms. The van der Waals surface area contributed by atoms with Crippen molar-refractivity contribution in [3.63, 3.8) is 0 Å². The Labute approximate surface area is 193 Å². The Morgan fingerprint density at radius 3 is 2.48 bits per heavy atom. The van der Waals surface area contributed by atoms with Crippen LogP contribution in [0.5, 0.6) is 11.5 Å². The molecule has 2 aromatic rings. The van der Waals surface area contributed by atoms with Crippen LogP contribution < -0.4 is 9.47 Å². The summed E-state index contributed by atoms with van der Waals surface area (Å²) >= 11 is 0. The maximum Gasteiger partial charge on any atom is 0.310 e. The van der Waals surface area contributed by atoms with Gasteiger partial charge in [-0.3, -0.25) is 9.59 Å². The van der Waals surface area contributed by atoms with E-state index in [4.69, 9.17) is 9.47 Å². The van der Waals surface area contributed by atoms with Crippen molar-refractivity contribution in [3.8, 4) is 11.5 Å². The van der Waals surface area contributed by atoms with Crippen molar-refractivity contribution in [1.29, 1.82) is 0 Å². The lowest BCUT2D eigenvalue weighted by Crippen LogP contribution is -2.38. The monoisotopic (exact) mass is 447 g/mol. The summed E-state index contributed by atoms with van der Waals surface area (Å²) < 4.78 is 11.7. The average Bonchev–Trinajstić information content (AvgIpc) is 3.62. The lowest BCUT2D eigenvalue weighted by atomic mass is 9.85. The number of carbonyl (C=O) groups is 2. The lowest BCUT2D eigenvalue weighted by Gasteiger charge is -2.32. The maximum absolute atomic E-state index is 12.2. The van der Waals surface area contributed by atoms with Crippen molar-refractivity contribution in [2.45, 2.75) is 39.2 Å². The van der Waals surface area contributed by atoms with Gasteiger partial charge in [-0.15, -0.1) is 0 Å². The van der Waals surface area contributed by atoms with Gasteiger partial charge in [0, 0.05) is 30.8 Å². The van der Waals surface area contributed by atoms with Gasteiger partial charge >= 0.3 is 5.97 Å². The van der Waals surface area contributed by atoms with Crippen LogP contribution in [0.4, 0.5) is 0 Å². The SMILES string of the molecule is COc1ccc2c(c1)C(=C1CCN(CC3(C(=O)O)CC3)CC1)c1cc(C(C)=O)ccc1OC2. The van der Waals surface area contributed by atoms with E-state index in [9.17, 15) is 14.7 Å². The highest BCUT2D eigenvalue weighted by atomic mass is 16.5. The molecule has 0 atom stereocenters. The second-order valence-electron chi connectivity index (χ2n) is 9.42. The normalized spacial score (nSPS) is 19.1. The number of likely N-dealkylation sites (tertiary alicyclic amines) is 1. The third kappa shape index (κ3) is 4.04. The van der Waals surface area contributed by atoms with Crippen LogP contribution in [0, 0.1) is 5.41 Å². The van der Waals surface area contributed by atoms with E-state index in [0.717, 1.165) is 72.5 Å². The first-order valence-electron chi connectivity index (χ1n) is 11.5. The molecule has 1 N–H and O–H groups in total. The quantitative estimate of drug-likeness (QED) is 0.678. The van der Waals surface area contributed by atoms with Crippen molar-refractivity contribution in [2.75, 3.05) is 26.7 Å². The minimum absolute atomic E-state index is 0.0236. The van der Waals surface area contributed by atoms with Crippen LogP contribution in [-0.4, -0.2) is 48.5 Å². The summed E-state index contributed by atoms with van der Waals surface area (Å²) in [6.45, 7) is 4.32. The maximum atomic E-state index is 12.2. The number of ether oxygens (including phenoxy) is 2. The highest BCUT2D eigenvalue weighted by Crippen LogP contribution is 2.47. The second-order valence-corrected chi connectivity index (χ2v) is 9.42. The number of carboxylic acids is 1. The van der Waals surface area contributed by atoms with Crippen LogP contribution in [0.15, 0.2) is 42.0 Å². The fraction of sp³-hybridized carbons (Fsp3) is 0.407. The molecule has 2 fully saturated rings. The number of methoxy groups -OCH3 is 1. The molecular weight excluding hydrogens is 418 g/mol. The third-order valence-electron chi connectivity index (χ3n) is 7.27. The Bertz CT molecular complexity index is 1150. The molecule has 5 rings (SSSR count). The summed E-state index contributed by atoms with van der Waals surface area (Å²) in [5, 5.41) is 9.57. The van der Waals surface area contributed by atoms with Crippen molar-refractivity contribution >= 4 is 17.3 Å². The van der Waals surface area contributed by atoms with Gasteiger partial charge in [0.1, 0.15) is 18.1 Å². The first kappa shape index (κ1) is 21.7. The Morgan fingerprint density at radius 1 is 1.09 bits per heavy atom. The van der Waals surface area contributed by atoms with Gasteiger partial charge in [-0.05, 0) is 79.6 Å². The van der Waals surface area contributed by atoms with Gasteiger partial charge in [0.2, 0.25) is 0 Å². The molecule has 3 aliphatic rings. The van der Waals surface area contributed by atoms with Gasteiger partial charge in [-0.2, -0.15) is 0 Å². The van der Waals surface area contributed by atoms with Crippen molar-refractivity contribution < 1.29 is 24.2 Å². The number of hydrogen-bond acceptors (Lipinski definition) is 5. The van der Waals surface area contributed by atoms with Crippen LogP contribution >= 0.6 is 0 Å². The number of Topliss-reactive ketones (excluding diaryl/α,β-unsaturated/α-hetero) is 1. The number of ketones is 1. The van der Waals surface area contributed by atoms with E-state index in [1.807, 2.05) is 30.3 Å². The predicted octanol–water partition coefficient (Wildman–Crippen LogP) is 4.55. The van der Waals surface area contributed by atoms with Gasteiger partial charge in [0.15, 0.2) is 5.78 Å². The van der Waals surface area contributed by atoms with E-state index in [-0.39, 0.29) is 5.78 Å². The van der Waals surface area contributed by atoms with Crippen molar-refractivity contribution in [1.82, 2.24) is 4.90 Å². The van der Waals surface area contributed by atoms with Crippen LogP contribution in [-0.2, 0) is 11.4 Å². The average molecular weight is 448 g/mol. The van der Waals surface area contributed by atoms with Crippen molar-refractivity contribution in [2.24, 2.45) is 5.41 Å². The Balaban J connectivity index is 1.55. The number of fused-ring (bicyclic) bond motifs is 2. The molecule has 1 saturated carbocycles. The van der Waals surface area contributed by atoms with Gasteiger partial charge in [-0.1, -0.05) is 11.6 Å². The number of benzene rings is 2. The topological polar surface area (TPSA) is 76.1 Å². The number of nitrogens with zero attached hydrogens (tertiary/aromatic N) is 1. The third-order valence-corrected chi connectivity index (χ3v) is 7.27. The molecule has 172 valence electrons. The molecule has 1 saturated heterocycles. The minimum atomic E-state index is -0.667. The fourth-order valence-corrected chi connectivity index (χ4v) is 5.04. The number of rotatable bonds is 5. The Hall–Kier alpha value is -3.12. The zero-order valence-corrected chi connectivity index (χ0v) is 19.1. The van der Waals surface area contributed by atoms with Crippen LogP contribution in [0.2, 0.25) is 0 Å². The first-order chi connectivity index (χ1) is 15.9. The van der Waals surface area contributed by atoms with E-state index in [1.54, 1.807) is 14.0 Å². The molecule has 0 spiro atoms. The van der Waals surface area contributed by atoms with E-state index in [2.05, 4.69) is 11.0 Å². The van der Waals surface area contributed by atoms with E-state index < -0.39 is 11.4 Å². The summed E-state index contributed by atoms with van der Waals surface area (Å²) in [5.41, 5.74) is 5.68. The number of carbonyl (C=O) groups excluding carboxylic acids is 1. The van der Waals surface area contributed by atoms with Gasteiger partial charge < -0.3 is 19.5 Å². The molecule has 0 unspecified atom stereocenters. The Morgan fingerprint density at radius 2 is 1.85 bits per heavy atom. The van der Waals surface area contributed by atoms with Crippen LogP contribution in [0.3, 0.4) is 0 Å². The molecule has 2 heterocycles. The summed E-state index contributed by atoms with van der Waals surface area (Å²) in [5.74, 6) is 0.922. The molecule has 2 aromatic carbocycles. The standard InChI is InChI=1S/C27H29NO5/c1-17(29)19-4-6-24-23(13-19)25(22-14-21(32-2)5-3-20(22)15-33-24)18-7-11-28(12-8-18)16-27(9-10-27)26(30)31/h3-6,13-14H,7-12,15-16H2,1-2H3,(H,30,31).